The van der Waals surface area contributed by atoms with Gasteiger partial charge >= 0.3 is 0 Å². The summed E-state index contributed by atoms with van der Waals surface area (Å²) in [5.74, 6) is 2.44. The Hall–Kier alpha value is -2.15. The van der Waals surface area contributed by atoms with Crippen LogP contribution in [0.3, 0.4) is 0 Å². The molecule has 3 rings (SSSR count). The van der Waals surface area contributed by atoms with Gasteiger partial charge in [0.05, 0.1) is 13.7 Å². The fraction of sp³-hybridized carbons (Fsp3) is 0.533. The van der Waals surface area contributed by atoms with Gasteiger partial charge in [0, 0.05) is 57.4 Å². The summed E-state index contributed by atoms with van der Waals surface area (Å²) in [6.45, 7) is 5.88. The van der Waals surface area contributed by atoms with E-state index in [-0.39, 0.29) is 0 Å². The molecule has 0 spiro atoms. The molecule has 118 valence electrons. The zero-order valence-electron chi connectivity index (χ0n) is 13.3. The van der Waals surface area contributed by atoms with Crippen molar-refractivity contribution in [3.8, 4) is 5.88 Å². The highest BCUT2D eigenvalue weighted by Gasteiger charge is 2.26. The second kappa shape index (κ2) is 6.31. The largest absolute Gasteiger partial charge is 0.481 e. The number of aryl methyl sites for hydroxylation is 1. The second-order valence-corrected chi connectivity index (χ2v) is 5.62. The first-order chi connectivity index (χ1) is 10.7. The predicted octanol–water partition coefficient (Wildman–Crippen LogP) is 0.929. The normalized spacial score (nSPS) is 19.4. The molecule has 1 unspecified atom stereocenters. The number of hydrogen-bond donors (Lipinski definition) is 0. The van der Waals surface area contributed by atoms with Crippen LogP contribution >= 0.6 is 0 Å². The summed E-state index contributed by atoms with van der Waals surface area (Å²) >= 11 is 0. The zero-order chi connectivity index (χ0) is 15.5. The molecule has 1 atom stereocenters. The van der Waals surface area contributed by atoms with Gasteiger partial charge in [-0.15, -0.1) is 0 Å². The highest BCUT2D eigenvalue weighted by Crippen LogP contribution is 2.18. The van der Waals surface area contributed by atoms with E-state index in [1.165, 1.54) is 0 Å². The zero-order valence-corrected chi connectivity index (χ0v) is 13.3. The van der Waals surface area contributed by atoms with Crippen LogP contribution in [0.25, 0.3) is 0 Å². The van der Waals surface area contributed by atoms with Crippen molar-refractivity contribution in [3.05, 3.63) is 30.5 Å². The van der Waals surface area contributed by atoms with E-state index in [4.69, 9.17) is 4.74 Å². The minimum absolute atomic E-state index is 0.417. The molecule has 0 aliphatic carbocycles. The summed E-state index contributed by atoms with van der Waals surface area (Å²) in [6.07, 6.45) is 5.58. The Morgan fingerprint density at radius 2 is 2.14 bits per heavy atom. The van der Waals surface area contributed by atoms with Crippen LogP contribution in [0.5, 0.6) is 5.88 Å². The van der Waals surface area contributed by atoms with Crippen LogP contribution in [0.15, 0.2) is 24.7 Å². The Labute approximate surface area is 130 Å². The third kappa shape index (κ3) is 3.04. The van der Waals surface area contributed by atoms with Crippen molar-refractivity contribution in [2.24, 2.45) is 7.05 Å². The molecule has 1 fully saturated rings. The van der Waals surface area contributed by atoms with Crippen molar-refractivity contribution in [2.75, 3.05) is 31.6 Å². The highest BCUT2D eigenvalue weighted by atomic mass is 16.5. The summed E-state index contributed by atoms with van der Waals surface area (Å²) < 4.78 is 7.25. The van der Waals surface area contributed by atoms with Crippen LogP contribution in [0, 0.1) is 0 Å². The summed E-state index contributed by atoms with van der Waals surface area (Å²) in [6, 6.07) is 2.19. The average Bonchev–Trinajstić information content (AvgIpc) is 2.94. The quantitative estimate of drug-likeness (QED) is 0.837. The minimum Gasteiger partial charge on any atom is -0.481 e. The van der Waals surface area contributed by atoms with Crippen molar-refractivity contribution >= 4 is 5.95 Å². The predicted molar refractivity (Wildman–Crippen MR) is 83.9 cm³/mol. The summed E-state index contributed by atoms with van der Waals surface area (Å²) in [5.41, 5.74) is 0. The monoisotopic (exact) mass is 302 g/mol. The number of imidazole rings is 1. The smallest absolute Gasteiger partial charge is 0.228 e. The van der Waals surface area contributed by atoms with Crippen molar-refractivity contribution in [1.29, 1.82) is 0 Å². The molecule has 1 saturated heterocycles. The van der Waals surface area contributed by atoms with Gasteiger partial charge in [0.25, 0.3) is 0 Å². The molecule has 2 aromatic rings. The SMILES string of the molecule is COc1ccnc(N2CCN(Cc3nccn3C)C(C)C2)n1. The molecule has 1 aliphatic heterocycles. The Morgan fingerprint density at radius 3 is 2.82 bits per heavy atom. The molecule has 0 bridgehead atoms. The fourth-order valence-corrected chi connectivity index (χ4v) is 2.74. The summed E-state index contributed by atoms with van der Waals surface area (Å²) in [5, 5.41) is 0. The molecule has 0 saturated carbocycles. The molecule has 7 nitrogen and oxygen atoms in total. The number of piperazine rings is 1. The van der Waals surface area contributed by atoms with Crippen molar-refractivity contribution in [2.45, 2.75) is 19.5 Å². The van der Waals surface area contributed by atoms with E-state index in [2.05, 4.69) is 36.2 Å². The highest BCUT2D eigenvalue weighted by molar-refractivity contribution is 5.33. The lowest BCUT2D eigenvalue weighted by atomic mass is 10.2. The molecule has 2 aromatic heterocycles. The fourth-order valence-electron chi connectivity index (χ4n) is 2.74. The molecule has 0 N–H and O–H groups in total. The van der Waals surface area contributed by atoms with E-state index < -0.39 is 0 Å². The molecule has 7 heteroatoms. The third-order valence-corrected chi connectivity index (χ3v) is 4.14. The Morgan fingerprint density at radius 1 is 1.27 bits per heavy atom. The van der Waals surface area contributed by atoms with Gasteiger partial charge < -0.3 is 14.2 Å². The number of hydrogen-bond acceptors (Lipinski definition) is 6. The molecule has 0 aromatic carbocycles. The van der Waals surface area contributed by atoms with Gasteiger partial charge in [-0.25, -0.2) is 9.97 Å². The van der Waals surface area contributed by atoms with Crippen LogP contribution in [0.4, 0.5) is 5.95 Å². The topological polar surface area (TPSA) is 59.3 Å². The Kier molecular flexibility index (Phi) is 4.24. The van der Waals surface area contributed by atoms with E-state index in [9.17, 15) is 0 Å². The van der Waals surface area contributed by atoms with Crippen molar-refractivity contribution in [3.63, 3.8) is 0 Å². The summed E-state index contributed by atoms with van der Waals surface area (Å²) in [7, 11) is 3.66. The van der Waals surface area contributed by atoms with Crippen LogP contribution in [-0.2, 0) is 13.6 Å². The molecule has 22 heavy (non-hydrogen) atoms. The van der Waals surface area contributed by atoms with Crippen LogP contribution in [-0.4, -0.2) is 57.2 Å². The maximum atomic E-state index is 5.18. The molecular formula is C15H22N6O. The lowest BCUT2D eigenvalue weighted by Crippen LogP contribution is -2.52. The lowest BCUT2D eigenvalue weighted by Gasteiger charge is -2.39. The van der Waals surface area contributed by atoms with Gasteiger partial charge in [0.1, 0.15) is 5.82 Å². The average molecular weight is 302 g/mol. The standard InChI is InChI=1S/C15H22N6O/c1-12-10-21(15-17-5-4-14(18-15)22-3)9-8-20(12)11-13-16-6-7-19(13)2/h4-7,12H,8-11H2,1-3H3. The molecular weight excluding hydrogens is 280 g/mol. The molecule has 1 aliphatic rings. The van der Waals surface area contributed by atoms with Crippen LogP contribution < -0.4 is 9.64 Å². The molecule has 3 heterocycles. The Bertz CT molecular complexity index is 628. The van der Waals surface area contributed by atoms with Crippen molar-refractivity contribution in [1.82, 2.24) is 24.4 Å². The van der Waals surface area contributed by atoms with Gasteiger partial charge in [-0.3, -0.25) is 4.90 Å². The first-order valence-electron chi connectivity index (χ1n) is 7.49. The van der Waals surface area contributed by atoms with E-state index in [1.807, 2.05) is 19.4 Å². The van der Waals surface area contributed by atoms with Gasteiger partial charge in [-0.05, 0) is 6.92 Å². The van der Waals surface area contributed by atoms with E-state index in [0.717, 1.165) is 38.0 Å². The first-order valence-corrected chi connectivity index (χ1v) is 7.49. The van der Waals surface area contributed by atoms with Gasteiger partial charge in [-0.1, -0.05) is 0 Å². The Balaban J connectivity index is 1.65. The molecule has 0 amide bonds. The van der Waals surface area contributed by atoms with Gasteiger partial charge in [0.2, 0.25) is 11.8 Å². The number of rotatable bonds is 4. The number of nitrogens with zero attached hydrogens (tertiary/aromatic N) is 6. The maximum Gasteiger partial charge on any atom is 0.228 e. The minimum atomic E-state index is 0.417. The number of methoxy groups -OCH3 is 1. The number of aromatic nitrogens is 4. The first kappa shape index (κ1) is 14.8. The third-order valence-electron chi connectivity index (χ3n) is 4.14. The van der Waals surface area contributed by atoms with Gasteiger partial charge in [-0.2, -0.15) is 4.98 Å². The second-order valence-electron chi connectivity index (χ2n) is 5.62. The van der Waals surface area contributed by atoms with Crippen LogP contribution in [0.1, 0.15) is 12.7 Å². The maximum absolute atomic E-state index is 5.18. The van der Waals surface area contributed by atoms with E-state index in [1.54, 1.807) is 19.4 Å². The number of ether oxygens (including phenoxy) is 1. The van der Waals surface area contributed by atoms with Gasteiger partial charge in [0.15, 0.2) is 0 Å². The van der Waals surface area contributed by atoms with E-state index in [0.29, 0.717) is 11.9 Å². The van der Waals surface area contributed by atoms with Crippen molar-refractivity contribution < 1.29 is 4.74 Å². The summed E-state index contributed by atoms with van der Waals surface area (Å²) in [4.78, 5) is 17.8. The van der Waals surface area contributed by atoms with Crippen LogP contribution in [0.2, 0.25) is 0 Å². The lowest BCUT2D eigenvalue weighted by molar-refractivity contribution is 0.174. The van der Waals surface area contributed by atoms with E-state index >= 15 is 0 Å². The molecule has 0 radical (unpaired) electrons. The number of anilines is 1.